The average Bonchev–Trinajstić information content (AvgIpc) is 1.25. The minimum absolute atomic E-state index is 0.0451. The first-order chi connectivity index (χ1) is 38.9. The molecule has 0 N–H and O–H groups in total. The van der Waals surface area contributed by atoms with Crippen molar-refractivity contribution in [2.75, 3.05) is 9.80 Å². The topological polar surface area (TPSA) is 6.48 Å². The molecule has 0 saturated carbocycles. The molecule has 5 heteroatoms. The highest BCUT2D eigenvalue weighted by atomic mass is 28.3. The molecular formula is C77H96N2Si3. The van der Waals surface area contributed by atoms with E-state index in [9.17, 15) is 0 Å². The van der Waals surface area contributed by atoms with Gasteiger partial charge >= 0.3 is 0 Å². The molecule has 9 rings (SSSR count). The first-order valence-electron chi connectivity index (χ1n) is 31.2. The van der Waals surface area contributed by atoms with Crippen molar-refractivity contribution in [2.45, 2.75) is 177 Å². The second-order valence-electron chi connectivity index (χ2n) is 27.9. The van der Waals surface area contributed by atoms with Gasteiger partial charge in [-0.25, -0.2) is 0 Å². The average molecular weight is 1130 g/mol. The number of hydrogen-bond donors (Lipinski definition) is 0. The number of anilines is 6. The van der Waals surface area contributed by atoms with Crippen molar-refractivity contribution in [2.24, 2.45) is 0 Å². The number of benzene rings is 9. The number of aryl methyl sites for hydroxylation is 1. The van der Waals surface area contributed by atoms with E-state index < -0.39 is 27.1 Å². The van der Waals surface area contributed by atoms with Crippen LogP contribution < -0.4 is 25.4 Å². The molecule has 2 nitrogen and oxygen atoms in total. The van der Waals surface area contributed by atoms with Crippen molar-refractivity contribution in [1.82, 2.24) is 0 Å². The molecule has 0 aliphatic rings. The standard InChI is InChI=1S/C77H96N2Si3/c1-19-80-63-41-52(6)40-60(47-63)79(61-45-57(74(7,8)9)44-58(46-61)75(10,11)12)73-67-38-35-55(53-30-26-24-27-31-53)42-68(67)72(66-37-34-56(43-69(66)73)54-32-28-25-29-33-54)78(59-36-39-70(76(13,14)15)71(50-59)77(16,17)18)62-48-64(81(20-2)21-3)51-65(49-62)82(22-4)23-5/h24-51,81-82H,19-23,80H2,1-18H3. The lowest BCUT2D eigenvalue weighted by Crippen LogP contribution is -2.37. The van der Waals surface area contributed by atoms with E-state index in [-0.39, 0.29) is 21.7 Å². The van der Waals surface area contributed by atoms with Gasteiger partial charge in [-0.05, 0) is 139 Å². The molecule has 0 aliphatic heterocycles. The molecule has 0 amide bonds. The molecule has 0 fully saturated rings. The van der Waals surface area contributed by atoms with Crippen molar-refractivity contribution in [3.8, 4) is 22.3 Å². The molecule has 0 saturated heterocycles. The molecule has 0 heterocycles. The van der Waals surface area contributed by atoms with Crippen LogP contribution in [0.4, 0.5) is 34.1 Å². The molecular weight excluding hydrogens is 1040 g/mol. The zero-order chi connectivity index (χ0) is 59.1. The van der Waals surface area contributed by atoms with Crippen LogP contribution >= 0.6 is 0 Å². The van der Waals surface area contributed by atoms with E-state index in [2.05, 4.69) is 304 Å². The van der Waals surface area contributed by atoms with Crippen LogP contribution in [0.15, 0.2) is 170 Å². The zero-order valence-electron chi connectivity index (χ0n) is 53.5. The van der Waals surface area contributed by atoms with Crippen LogP contribution in [-0.2, 0) is 21.7 Å². The third kappa shape index (κ3) is 12.6. The third-order valence-electron chi connectivity index (χ3n) is 17.6. The molecule has 0 atom stereocenters. The Hall–Kier alpha value is -6.25. The Bertz CT molecular complexity index is 3650. The van der Waals surface area contributed by atoms with Gasteiger partial charge in [-0.1, -0.05) is 273 Å². The number of nitrogens with zero attached hydrogens (tertiary/aromatic N) is 2. The summed E-state index contributed by atoms with van der Waals surface area (Å²) in [5.41, 5.74) is 18.7. The summed E-state index contributed by atoms with van der Waals surface area (Å²) in [4.78, 5) is 5.46. The Kier molecular flexibility index (Phi) is 17.8. The summed E-state index contributed by atoms with van der Waals surface area (Å²) in [6, 6.07) is 73.9. The molecule has 0 aromatic heterocycles. The lowest BCUT2D eigenvalue weighted by Gasteiger charge is -2.36. The largest absolute Gasteiger partial charge is 0.309 e. The molecule has 82 heavy (non-hydrogen) atoms. The molecule has 9 aromatic carbocycles. The molecule has 0 bridgehead atoms. The van der Waals surface area contributed by atoms with E-state index in [1.54, 1.807) is 10.4 Å². The fraction of sp³-hybridized carbons (Fsp3) is 0.351. The predicted octanol–water partition coefficient (Wildman–Crippen LogP) is 19.9. The maximum atomic E-state index is 2.76. The van der Waals surface area contributed by atoms with Gasteiger partial charge in [0.05, 0.1) is 38.5 Å². The number of hydrogen-bond acceptors (Lipinski definition) is 2. The minimum Gasteiger partial charge on any atom is -0.309 e. The quantitative estimate of drug-likeness (QED) is 0.0540. The van der Waals surface area contributed by atoms with Gasteiger partial charge in [0, 0.05) is 44.3 Å². The van der Waals surface area contributed by atoms with Gasteiger partial charge in [0.2, 0.25) is 0 Å². The van der Waals surface area contributed by atoms with Crippen LogP contribution in [0.25, 0.3) is 43.8 Å². The molecule has 0 radical (unpaired) electrons. The van der Waals surface area contributed by atoms with Gasteiger partial charge in [-0.3, -0.25) is 0 Å². The zero-order valence-corrected chi connectivity index (χ0v) is 57.2. The Morgan fingerprint density at radius 1 is 0.354 bits per heavy atom. The van der Waals surface area contributed by atoms with Crippen molar-refractivity contribution in [1.29, 1.82) is 0 Å². The summed E-state index contributed by atoms with van der Waals surface area (Å²) < 4.78 is 0. The van der Waals surface area contributed by atoms with Gasteiger partial charge in [0.15, 0.2) is 0 Å². The third-order valence-corrected chi connectivity index (χ3v) is 25.5. The van der Waals surface area contributed by atoms with Crippen molar-refractivity contribution in [3.05, 3.63) is 198 Å². The Morgan fingerprint density at radius 3 is 1.22 bits per heavy atom. The summed E-state index contributed by atoms with van der Waals surface area (Å²) >= 11 is 0. The minimum atomic E-state index is -1.30. The summed E-state index contributed by atoms with van der Waals surface area (Å²) in [5.74, 6) is 0. The molecule has 0 spiro atoms. The van der Waals surface area contributed by atoms with Gasteiger partial charge < -0.3 is 9.80 Å². The van der Waals surface area contributed by atoms with Crippen molar-refractivity contribution < 1.29 is 0 Å². The van der Waals surface area contributed by atoms with Crippen LogP contribution in [0, 0.1) is 6.92 Å². The van der Waals surface area contributed by atoms with Crippen LogP contribution in [0.5, 0.6) is 0 Å². The first kappa shape index (κ1) is 60.3. The van der Waals surface area contributed by atoms with Crippen LogP contribution in [0.1, 0.15) is 146 Å². The first-order valence-corrected chi connectivity index (χ1v) is 37.3. The second kappa shape index (κ2) is 24.2. The van der Waals surface area contributed by atoms with Crippen molar-refractivity contribution in [3.63, 3.8) is 0 Å². The van der Waals surface area contributed by atoms with E-state index in [0.717, 1.165) is 0 Å². The highest BCUT2D eigenvalue weighted by Crippen LogP contribution is 2.54. The lowest BCUT2D eigenvalue weighted by molar-refractivity contribution is 0.530. The maximum Gasteiger partial charge on any atom is 0.0703 e. The van der Waals surface area contributed by atoms with Gasteiger partial charge in [-0.15, -0.1) is 0 Å². The summed E-state index contributed by atoms with van der Waals surface area (Å²) in [6.07, 6.45) is 0. The van der Waals surface area contributed by atoms with Gasteiger partial charge in [0.25, 0.3) is 0 Å². The second-order valence-corrected chi connectivity index (χ2v) is 37.6. The van der Waals surface area contributed by atoms with Crippen molar-refractivity contribution >= 4 is 98.3 Å². The van der Waals surface area contributed by atoms with E-state index in [1.165, 1.54) is 141 Å². The van der Waals surface area contributed by atoms with E-state index >= 15 is 0 Å². The van der Waals surface area contributed by atoms with Crippen LogP contribution in [-0.4, -0.2) is 27.1 Å². The number of rotatable bonds is 16. The smallest absolute Gasteiger partial charge is 0.0703 e. The highest BCUT2D eigenvalue weighted by Gasteiger charge is 2.32. The predicted molar refractivity (Wildman–Crippen MR) is 375 cm³/mol. The van der Waals surface area contributed by atoms with Crippen LogP contribution in [0.3, 0.4) is 0 Å². The Balaban J connectivity index is 1.57. The van der Waals surface area contributed by atoms with Gasteiger partial charge in [0.1, 0.15) is 0 Å². The lowest BCUT2D eigenvalue weighted by atomic mass is 9.75. The molecule has 0 unspecified atom stereocenters. The molecule has 426 valence electrons. The number of fused-ring (bicyclic) bond motifs is 2. The molecule has 9 aromatic rings. The fourth-order valence-corrected chi connectivity index (χ4v) is 19.1. The monoisotopic (exact) mass is 1130 g/mol. The highest BCUT2D eigenvalue weighted by molar-refractivity contribution is 6.76. The van der Waals surface area contributed by atoms with E-state index in [0.29, 0.717) is 0 Å². The summed E-state index contributed by atoms with van der Waals surface area (Å²) in [5, 5.41) is 9.66. The maximum absolute atomic E-state index is 2.76. The van der Waals surface area contributed by atoms with E-state index in [1.807, 2.05) is 0 Å². The fourth-order valence-electron chi connectivity index (χ4n) is 12.8. The Labute approximate surface area is 501 Å². The summed E-state index contributed by atoms with van der Waals surface area (Å²) in [6.45, 7) is 43.1. The van der Waals surface area contributed by atoms with Crippen LogP contribution in [0.2, 0.25) is 30.2 Å². The Morgan fingerprint density at radius 2 is 0.793 bits per heavy atom. The van der Waals surface area contributed by atoms with Gasteiger partial charge in [-0.2, -0.15) is 0 Å². The summed E-state index contributed by atoms with van der Waals surface area (Å²) in [7, 11) is -3.12. The molecule has 0 aliphatic carbocycles. The SMILES string of the molecule is CC[SiH2]c1cc(C)cc(N(c2cc(C(C)(C)C)cc(C(C)(C)C)c2)c2c3ccc(-c4ccccc4)cc3c(N(c3cc([SiH](CC)CC)cc([SiH](CC)CC)c3)c3ccc(C(C)(C)C)c(C(C)(C)C)c3)c3ccc(-c4ccccc4)cc23)c1. The normalized spacial score (nSPS) is 12.7. The van der Waals surface area contributed by atoms with E-state index in [4.69, 9.17) is 0 Å².